The summed E-state index contributed by atoms with van der Waals surface area (Å²) in [6, 6.07) is -0.0509. The second-order valence-electron chi connectivity index (χ2n) is 3.03. The Bertz CT molecular complexity index is 71.3. The van der Waals surface area contributed by atoms with Crippen LogP contribution >= 0.6 is 0 Å². The van der Waals surface area contributed by atoms with Crippen LogP contribution in [-0.2, 0) is 0 Å². The molecule has 0 radical (unpaired) electrons. The first-order valence-corrected chi connectivity index (χ1v) is 3.47. The van der Waals surface area contributed by atoms with Crippen LogP contribution in [0.4, 0.5) is 0 Å². The van der Waals surface area contributed by atoms with Crippen LogP contribution in [0.15, 0.2) is 0 Å². The van der Waals surface area contributed by atoms with E-state index in [4.69, 9.17) is 10.8 Å². The van der Waals surface area contributed by atoms with Crippen LogP contribution in [0.2, 0.25) is 0 Å². The zero-order valence-electron chi connectivity index (χ0n) is 6.46. The van der Waals surface area contributed by atoms with E-state index in [-0.39, 0.29) is 12.1 Å². The highest BCUT2D eigenvalue weighted by Crippen LogP contribution is 2.04. The molecule has 0 aromatic heterocycles. The van der Waals surface area contributed by atoms with E-state index < -0.39 is 0 Å². The van der Waals surface area contributed by atoms with Crippen molar-refractivity contribution in [2.45, 2.75) is 39.3 Å². The van der Waals surface area contributed by atoms with Crippen LogP contribution in [0.5, 0.6) is 0 Å². The van der Waals surface area contributed by atoms with Gasteiger partial charge in [0, 0.05) is 6.04 Å². The van der Waals surface area contributed by atoms with E-state index >= 15 is 0 Å². The fourth-order valence-corrected chi connectivity index (χ4v) is 0.741. The molecule has 0 heterocycles. The number of hydrogen-bond donors (Lipinski definition) is 2. The van der Waals surface area contributed by atoms with Crippen molar-refractivity contribution >= 4 is 0 Å². The van der Waals surface area contributed by atoms with Crippen LogP contribution in [-0.4, -0.2) is 17.3 Å². The van der Waals surface area contributed by atoms with Crippen molar-refractivity contribution in [1.82, 2.24) is 0 Å². The van der Waals surface area contributed by atoms with Gasteiger partial charge < -0.3 is 10.8 Å². The van der Waals surface area contributed by atoms with Crippen molar-refractivity contribution in [3.8, 4) is 0 Å². The fraction of sp³-hybridized carbons (Fsp3) is 1.00. The van der Waals surface area contributed by atoms with Gasteiger partial charge in [0.05, 0.1) is 6.10 Å². The minimum atomic E-state index is -0.368. The monoisotopic (exact) mass is 131 g/mol. The summed E-state index contributed by atoms with van der Waals surface area (Å²) in [7, 11) is 0. The average molecular weight is 131 g/mol. The van der Waals surface area contributed by atoms with E-state index in [1.165, 1.54) is 0 Å². The molecule has 0 saturated carbocycles. The van der Waals surface area contributed by atoms with Crippen LogP contribution in [0.1, 0.15) is 27.2 Å². The van der Waals surface area contributed by atoms with Gasteiger partial charge in [-0.2, -0.15) is 0 Å². The molecule has 0 fully saturated rings. The molecular formula is C7H17NO. The third kappa shape index (κ3) is 4.43. The first kappa shape index (κ1) is 8.92. The molecule has 0 spiro atoms. The van der Waals surface area contributed by atoms with Gasteiger partial charge >= 0.3 is 0 Å². The van der Waals surface area contributed by atoms with Gasteiger partial charge in [-0.15, -0.1) is 0 Å². The van der Waals surface area contributed by atoms with Crippen LogP contribution in [0, 0.1) is 5.92 Å². The summed E-state index contributed by atoms with van der Waals surface area (Å²) in [6.07, 6.45) is 0.532. The van der Waals surface area contributed by atoms with Crippen molar-refractivity contribution in [2.75, 3.05) is 0 Å². The summed E-state index contributed by atoms with van der Waals surface area (Å²) in [5.41, 5.74) is 5.57. The molecule has 0 aliphatic heterocycles. The molecule has 0 rings (SSSR count). The maximum Gasteiger partial charge on any atom is 0.0663 e. The number of aliphatic hydroxyl groups excluding tert-OH is 1. The maximum absolute atomic E-state index is 8.94. The second-order valence-corrected chi connectivity index (χ2v) is 3.03. The highest BCUT2D eigenvalue weighted by molar-refractivity contribution is 4.68. The largest absolute Gasteiger partial charge is 0.392 e. The lowest BCUT2D eigenvalue weighted by molar-refractivity contribution is 0.152. The predicted octanol–water partition coefficient (Wildman–Crippen LogP) is 0.741. The first-order valence-electron chi connectivity index (χ1n) is 3.47. The molecule has 0 aliphatic carbocycles. The maximum atomic E-state index is 8.94. The third-order valence-corrected chi connectivity index (χ3v) is 1.36. The van der Waals surface area contributed by atoms with E-state index in [0.717, 1.165) is 6.42 Å². The van der Waals surface area contributed by atoms with Crippen LogP contribution in [0.25, 0.3) is 0 Å². The Morgan fingerprint density at radius 2 is 1.78 bits per heavy atom. The number of nitrogens with two attached hydrogens (primary N) is 1. The van der Waals surface area contributed by atoms with Crippen molar-refractivity contribution in [1.29, 1.82) is 0 Å². The summed E-state index contributed by atoms with van der Waals surface area (Å²) in [4.78, 5) is 0. The summed E-state index contributed by atoms with van der Waals surface area (Å²) in [5.74, 6) is 0.578. The fourth-order valence-electron chi connectivity index (χ4n) is 0.741. The van der Waals surface area contributed by atoms with Gasteiger partial charge in [0.25, 0.3) is 0 Å². The van der Waals surface area contributed by atoms with Gasteiger partial charge in [-0.25, -0.2) is 0 Å². The number of aliphatic hydroxyl groups is 1. The minimum Gasteiger partial charge on any atom is -0.392 e. The first-order chi connectivity index (χ1) is 4.04. The zero-order chi connectivity index (χ0) is 7.44. The van der Waals surface area contributed by atoms with Gasteiger partial charge in [0.15, 0.2) is 0 Å². The predicted molar refractivity (Wildman–Crippen MR) is 39.1 cm³/mol. The van der Waals surface area contributed by atoms with E-state index in [9.17, 15) is 0 Å². The molecule has 0 amide bonds. The van der Waals surface area contributed by atoms with Gasteiger partial charge in [-0.1, -0.05) is 13.8 Å². The zero-order valence-corrected chi connectivity index (χ0v) is 6.46. The topological polar surface area (TPSA) is 46.2 Å². The molecule has 0 saturated heterocycles. The van der Waals surface area contributed by atoms with Crippen molar-refractivity contribution in [2.24, 2.45) is 11.7 Å². The Morgan fingerprint density at radius 3 is 1.89 bits per heavy atom. The Labute approximate surface area is 57.1 Å². The molecule has 9 heavy (non-hydrogen) atoms. The SMILES string of the molecule is CC(C)C[C@@H](N)[C@@H](C)O. The molecule has 0 aliphatic rings. The lowest BCUT2D eigenvalue weighted by atomic mass is 10.0. The van der Waals surface area contributed by atoms with Gasteiger partial charge in [0.1, 0.15) is 0 Å². The molecule has 2 atom stereocenters. The van der Waals surface area contributed by atoms with E-state index in [0.29, 0.717) is 5.92 Å². The molecule has 0 bridgehead atoms. The Balaban J connectivity index is 3.38. The van der Waals surface area contributed by atoms with Gasteiger partial charge in [0.2, 0.25) is 0 Å². The molecular weight excluding hydrogens is 114 g/mol. The standard InChI is InChI=1S/C7H17NO/c1-5(2)4-7(8)6(3)9/h5-7,9H,4,8H2,1-3H3/t6-,7-/m1/s1. The lowest BCUT2D eigenvalue weighted by Gasteiger charge is -2.16. The molecule has 2 heteroatoms. The van der Waals surface area contributed by atoms with E-state index in [2.05, 4.69) is 13.8 Å². The Morgan fingerprint density at radius 1 is 1.33 bits per heavy atom. The quantitative estimate of drug-likeness (QED) is 0.593. The summed E-state index contributed by atoms with van der Waals surface area (Å²) < 4.78 is 0. The summed E-state index contributed by atoms with van der Waals surface area (Å²) in [6.45, 7) is 5.93. The molecule has 2 nitrogen and oxygen atoms in total. The van der Waals surface area contributed by atoms with Crippen LogP contribution < -0.4 is 5.73 Å². The van der Waals surface area contributed by atoms with Crippen LogP contribution in [0.3, 0.4) is 0 Å². The highest BCUT2D eigenvalue weighted by Gasteiger charge is 2.09. The van der Waals surface area contributed by atoms with Gasteiger partial charge in [-0.3, -0.25) is 0 Å². The summed E-state index contributed by atoms with van der Waals surface area (Å²) in [5, 5.41) is 8.94. The highest BCUT2D eigenvalue weighted by atomic mass is 16.3. The second kappa shape index (κ2) is 3.85. The Kier molecular flexibility index (Phi) is 3.82. The van der Waals surface area contributed by atoms with E-state index in [1.54, 1.807) is 6.92 Å². The molecule has 0 aromatic carbocycles. The van der Waals surface area contributed by atoms with Gasteiger partial charge in [-0.05, 0) is 19.3 Å². The average Bonchev–Trinajstić information content (AvgIpc) is 1.63. The molecule has 0 aromatic rings. The molecule has 3 N–H and O–H groups in total. The number of rotatable bonds is 3. The minimum absolute atomic E-state index is 0.0509. The number of hydrogen-bond acceptors (Lipinski definition) is 2. The summed E-state index contributed by atoms with van der Waals surface area (Å²) >= 11 is 0. The molecule has 0 unspecified atom stereocenters. The van der Waals surface area contributed by atoms with E-state index in [1.807, 2.05) is 0 Å². The van der Waals surface area contributed by atoms with Crippen molar-refractivity contribution < 1.29 is 5.11 Å². The van der Waals surface area contributed by atoms with Crippen molar-refractivity contribution in [3.63, 3.8) is 0 Å². The van der Waals surface area contributed by atoms with Crippen molar-refractivity contribution in [3.05, 3.63) is 0 Å². The third-order valence-electron chi connectivity index (χ3n) is 1.36. The Hall–Kier alpha value is -0.0800. The lowest BCUT2D eigenvalue weighted by Crippen LogP contribution is -2.33. The smallest absolute Gasteiger partial charge is 0.0663 e. The molecule has 56 valence electrons. The normalized spacial score (nSPS) is 18.0.